The Kier molecular flexibility index (Phi) is 7.87. The van der Waals surface area contributed by atoms with Gasteiger partial charge in [0.15, 0.2) is 0 Å². The molecule has 29 heavy (non-hydrogen) atoms. The highest BCUT2D eigenvalue weighted by Crippen LogP contribution is 2.41. The number of piperidine rings is 2. The van der Waals surface area contributed by atoms with Crippen LogP contribution in [0.3, 0.4) is 0 Å². The molecule has 0 bridgehead atoms. The predicted octanol–water partition coefficient (Wildman–Crippen LogP) is 1.40. The van der Waals surface area contributed by atoms with Crippen molar-refractivity contribution in [1.29, 1.82) is 0 Å². The quantitative estimate of drug-likeness (QED) is 0.456. The molecule has 6 heteroatoms. The van der Waals surface area contributed by atoms with Gasteiger partial charge in [-0.3, -0.25) is 0 Å². The van der Waals surface area contributed by atoms with E-state index in [0.717, 1.165) is 45.3 Å². The molecule has 2 aliphatic heterocycles. The predicted molar refractivity (Wildman–Crippen MR) is 115 cm³/mol. The van der Waals surface area contributed by atoms with E-state index in [9.17, 15) is 10.2 Å². The van der Waals surface area contributed by atoms with E-state index < -0.39 is 0 Å². The van der Waals surface area contributed by atoms with Crippen molar-refractivity contribution in [3.63, 3.8) is 0 Å². The van der Waals surface area contributed by atoms with E-state index in [1.165, 1.54) is 32.1 Å². The van der Waals surface area contributed by atoms with E-state index in [0.29, 0.717) is 30.5 Å². The minimum atomic E-state index is -0.344. The maximum Gasteiger partial charge on any atom is 0.0837 e. The number of aliphatic hydroxyl groups excluding tert-OH is 2. The molecular weight excluding hydrogens is 366 g/mol. The first kappa shape index (κ1) is 22.0. The number of aliphatic hydroxyl groups is 2. The van der Waals surface area contributed by atoms with Gasteiger partial charge in [0.2, 0.25) is 0 Å². The van der Waals surface area contributed by atoms with E-state index in [2.05, 4.69) is 16.0 Å². The van der Waals surface area contributed by atoms with Crippen LogP contribution in [0.4, 0.5) is 0 Å². The molecule has 0 aromatic heterocycles. The van der Waals surface area contributed by atoms with Crippen LogP contribution >= 0.6 is 0 Å². The first-order valence-electron chi connectivity index (χ1n) is 12.3. The summed E-state index contributed by atoms with van der Waals surface area (Å²) in [5.41, 5.74) is 0. The molecule has 6 nitrogen and oxygen atoms in total. The second-order valence-electron chi connectivity index (χ2n) is 9.98. The van der Waals surface area contributed by atoms with E-state index in [-0.39, 0.29) is 30.3 Å². The van der Waals surface area contributed by atoms with Crippen molar-refractivity contribution >= 4 is 0 Å². The Morgan fingerprint density at radius 1 is 1.03 bits per heavy atom. The molecule has 0 amide bonds. The molecule has 0 aromatic rings. The minimum absolute atomic E-state index is 0.0613. The van der Waals surface area contributed by atoms with E-state index in [4.69, 9.17) is 4.74 Å². The third kappa shape index (κ3) is 5.16. The normalized spacial score (nSPS) is 44.8. The van der Waals surface area contributed by atoms with Crippen molar-refractivity contribution in [2.45, 2.75) is 101 Å². The maximum atomic E-state index is 11.4. The number of nitrogens with one attached hydrogen (secondary N) is 3. The van der Waals surface area contributed by atoms with E-state index in [1.807, 2.05) is 6.92 Å². The van der Waals surface area contributed by atoms with E-state index in [1.54, 1.807) is 0 Å². The summed E-state index contributed by atoms with van der Waals surface area (Å²) >= 11 is 0. The summed E-state index contributed by atoms with van der Waals surface area (Å²) in [6.45, 7) is 5.84. The molecule has 2 heterocycles. The van der Waals surface area contributed by atoms with Crippen molar-refractivity contribution in [3.05, 3.63) is 0 Å². The lowest BCUT2D eigenvalue weighted by Crippen LogP contribution is -2.62. The van der Waals surface area contributed by atoms with Crippen molar-refractivity contribution in [3.8, 4) is 0 Å². The first-order valence-corrected chi connectivity index (χ1v) is 12.3. The lowest BCUT2D eigenvalue weighted by molar-refractivity contribution is -0.0849. The Morgan fingerprint density at radius 3 is 2.69 bits per heavy atom. The van der Waals surface area contributed by atoms with Gasteiger partial charge in [-0.25, -0.2) is 0 Å². The molecule has 168 valence electrons. The molecule has 2 saturated carbocycles. The summed E-state index contributed by atoms with van der Waals surface area (Å²) in [4.78, 5) is 0. The molecule has 0 spiro atoms. The molecule has 4 aliphatic rings. The number of fused-ring (bicyclic) bond motifs is 1. The fourth-order valence-corrected chi connectivity index (χ4v) is 6.68. The van der Waals surface area contributed by atoms with Gasteiger partial charge in [0.1, 0.15) is 0 Å². The highest BCUT2D eigenvalue weighted by Gasteiger charge is 2.46. The molecule has 0 radical (unpaired) electrons. The van der Waals surface area contributed by atoms with Crippen molar-refractivity contribution in [2.75, 3.05) is 26.2 Å². The Bertz CT molecular complexity index is 502. The average molecular weight is 410 g/mol. The average Bonchev–Trinajstić information content (AvgIpc) is 2.75. The largest absolute Gasteiger partial charge is 0.391 e. The zero-order chi connectivity index (χ0) is 20.2. The molecular formula is C23H43N3O3. The molecule has 5 N–H and O–H groups in total. The second-order valence-corrected chi connectivity index (χ2v) is 9.98. The van der Waals surface area contributed by atoms with Gasteiger partial charge in [-0.15, -0.1) is 0 Å². The Balaban J connectivity index is 1.50. The first-order chi connectivity index (χ1) is 14.2. The lowest BCUT2D eigenvalue weighted by atomic mass is 9.66. The summed E-state index contributed by atoms with van der Waals surface area (Å²) in [5, 5.41) is 33.0. The minimum Gasteiger partial charge on any atom is -0.391 e. The Labute approximate surface area is 176 Å². The summed E-state index contributed by atoms with van der Waals surface area (Å²) in [6, 6.07) is 1.04. The second kappa shape index (κ2) is 10.4. The van der Waals surface area contributed by atoms with Gasteiger partial charge in [0, 0.05) is 37.2 Å². The van der Waals surface area contributed by atoms with Crippen molar-refractivity contribution < 1.29 is 14.9 Å². The molecule has 9 atom stereocenters. The van der Waals surface area contributed by atoms with Crippen LogP contribution in [0.25, 0.3) is 0 Å². The van der Waals surface area contributed by atoms with Gasteiger partial charge >= 0.3 is 0 Å². The van der Waals surface area contributed by atoms with Crippen LogP contribution in [-0.4, -0.2) is 72.9 Å². The fourth-order valence-electron chi connectivity index (χ4n) is 6.68. The monoisotopic (exact) mass is 409 g/mol. The maximum absolute atomic E-state index is 11.4. The molecule has 4 fully saturated rings. The smallest absolute Gasteiger partial charge is 0.0837 e. The molecule has 2 saturated heterocycles. The van der Waals surface area contributed by atoms with Gasteiger partial charge in [-0.05, 0) is 89.6 Å². The number of ether oxygens (including phenoxy) is 1. The van der Waals surface area contributed by atoms with Crippen molar-refractivity contribution in [2.24, 2.45) is 17.8 Å². The standard InChI is InChI=1S/C23H43N3O3/c1-2-29-20-13-16(8-10-19(20)27)21(26-17-6-4-11-24-14-17)18-9-7-15-5-3-12-25-22(15)23(18)28/h15-28H,2-14H2,1H3. The van der Waals surface area contributed by atoms with Crippen LogP contribution in [0.5, 0.6) is 0 Å². The SMILES string of the molecule is CCOC1CC(C(NC2CCCNC2)C2CCC3CCCNC3C2O)CCC1O. The molecule has 9 unspecified atom stereocenters. The van der Waals surface area contributed by atoms with Gasteiger partial charge in [0.25, 0.3) is 0 Å². The summed E-state index contributed by atoms with van der Waals surface area (Å²) < 4.78 is 5.90. The van der Waals surface area contributed by atoms with Gasteiger partial charge < -0.3 is 30.9 Å². The van der Waals surface area contributed by atoms with Crippen LogP contribution in [0.15, 0.2) is 0 Å². The zero-order valence-electron chi connectivity index (χ0n) is 18.2. The van der Waals surface area contributed by atoms with Crippen LogP contribution in [0.1, 0.15) is 64.7 Å². The Hall–Kier alpha value is -0.240. The van der Waals surface area contributed by atoms with Crippen LogP contribution in [-0.2, 0) is 4.74 Å². The van der Waals surface area contributed by atoms with Gasteiger partial charge in [0.05, 0.1) is 18.3 Å². The van der Waals surface area contributed by atoms with Crippen LogP contribution in [0, 0.1) is 17.8 Å². The molecule has 2 aliphatic carbocycles. The van der Waals surface area contributed by atoms with Gasteiger partial charge in [-0.1, -0.05) is 0 Å². The summed E-state index contributed by atoms with van der Waals surface area (Å²) in [5.74, 6) is 1.37. The molecule has 0 aromatic carbocycles. The third-order valence-corrected chi connectivity index (χ3v) is 8.19. The van der Waals surface area contributed by atoms with Crippen LogP contribution in [0.2, 0.25) is 0 Å². The Morgan fingerprint density at radius 2 is 1.90 bits per heavy atom. The summed E-state index contributed by atoms with van der Waals surface area (Å²) in [6.07, 6.45) is 9.31. The summed E-state index contributed by atoms with van der Waals surface area (Å²) in [7, 11) is 0. The third-order valence-electron chi connectivity index (χ3n) is 8.19. The number of rotatable bonds is 6. The zero-order valence-corrected chi connectivity index (χ0v) is 18.2. The lowest BCUT2D eigenvalue weighted by Gasteiger charge is -2.50. The number of hydrogen-bond donors (Lipinski definition) is 5. The fraction of sp³-hybridized carbons (Fsp3) is 1.00. The van der Waals surface area contributed by atoms with Crippen molar-refractivity contribution in [1.82, 2.24) is 16.0 Å². The topological polar surface area (TPSA) is 85.8 Å². The highest BCUT2D eigenvalue weighted by atomic mass is 16.5. The number of hydrogen-bond acceptors (Lipinski definition) is 6. The van der Waals surface area contributed by atoms with Gasteiger partial charge in [-0.2, -0.15) is 0 Å². The molecule has 4 rings (SSSR count). The highest BCUT2D eigenvalue weighted by molar-refractivity contribution is 5.02. The van der Waals surface area contributed by atoms with E-state index >= 15 is 0 Å². The van der Waals surface area contributed by atoms with Crippen LogP contribution < -0.4 is 16.0 Å².